The lowest BCUT2D eigenvalue weighted by atomic mass is 9.45. The highest BCUT2D eigenvalue weighted by molar-refractivity contribution is 5.89. The van der Waals surface area contributed by atoms with Crippen LogP contribution in [0.15, 0.2) is 0 Å². The lowest BCUT2D eigenvalue weighted by Gasteiger charge is -2.64. The van der Waals surface area contributed by atoms with Crippen LogP contribution < -0.4 is 0 Å². The third kappa shape index (κ3) is 1.29. The summed E-state index contributed by atoms with van der Waals surface area (Å²) in [4.78, 5) is 23.2. The van der Waals surface area contributed by atoms with E-state index in [9.17, 15) is 9.90 Å². The molecule has 18 heavy (non-hydrogen) atoms. The molecule has 0 aromatic rings. The first-order valence-electron chi connectivity index (χ1n) is 6.88. The molecule has 0 aromatic heterocycles. The Kier molecular flexibility index (Phi) is 2.48. The van der Waals surface area contributed by atoms with E-state index in [-0.39, 0.29) is 22.7 Å². The number of carbonyl (C=O) groups excluding carboxylic acids is 1. The molecule has 0 unspecified atom stereocenters. The molecule has 3 aliphatic rings. The minimum Gasteiger partial charge on any atom is -0.390 e. The maximum Gasteiger partial charge on any atom is 0.168 e. The van der Waals surface area contributed by atoms with Crippen LogP contribution in [0.1, 0.15) is 52.9 Å². The highest BCUT2D eigenvalue weighted by atomic mass is 17.2. The van der Waals surface area contributed by atoms with Crippen LogP contribution in [0.2, 0.25) is 0 Å². The molecule has 2 aliphatic carbocycles. The summed E-state index contributed by atoms with van der Waals surface area (Å²) in [5.74, 6) is 0.150. The highest BCUT2D eigenvalue weighted by Crippen LogP contribution is 2.64. The van der Waals surface area contributed by atoms with E-state index < -0.39 is 11.7 Å². The first kappa shape index (κ1) is 12.6. The molecule has 4 atom stereocenters. The minimum atomic E-state index is -0.842. The summed E-state index contributed by atoms with van der Waals surface area (Å²) >= 11 is 0. The smallest absolute Gasteiger partial charge is 0.168 e. The van der Waals surface area contributed by atoms with E-state index in [1.807, 2.05) is 6.92 Å². The van der Waals surface area contributed by atoms with Gasteiger partial charge in [0.15, 0.2) is 11.4 Å². The Morgan fingerprint density at radius 2 is 2.00 bits per heavy atom. The fourth-order valence-electron chi connectivity index (χ4n) is 4.41. The summed E-state index contributed by atoms with van der Waals surface area (Å²) < 4.78 is 0. The number of aliphatic hydroxyl groups is 1. The number of aliphatic hydroxyl groups excluding tert-OH is 1. The number of ketones is 1. The number of hydrogen-bond donors (Lipinski definition) is 1. The van der Waals surface area contributed by atoms with E-state index in [0.717, 1.165) is 19.3 Å². The van der Waals surface area contributed by atoms with Crippen LogP contribution in [0.4, 0.5) is 0 Å². The summed E-state index contributed by atoms with van der Waals surface area (Å²) in [6, 6.07) is 0. The van der Waals surface area contributed by atoms with Crippen molar-refractivity contribution in [1.82, 2.24) is 0 Å². The van der Waals surface area contributed by atoms with Gasteiger partial charge in [-0.15, -0.1) is 0 Å². The van der Waals surface area contributed by atoms with Gasteiger partial charge in [-0.1, -0.05) is 13.8 Å². The second kappa shape index (κ2) is 3.56. The van der Waals surface area contributed by atoms with E-state index >= 15 is 0 Å². The van der Waals surface area contributed by atoms with Gasteiger partial charge in [0.05, 0.1) is 6.10 Å². The van der Waals surface area contributed by atoms with Crippen molar-refractivity contribution in [3.8, 4) is 0 Å². The van der Waals surface area contributed by atoms with Crippen LogP contribution in [-0.2, 0) is 14.6 Å². The summed E-state index contributed by atoms with van der Waals surface area (Å²) in [5.41, 5.74) is -0.999. The van der Waals surface area contributed by atoms with Gasteiger partial charge >= 0.3 is 0 Å². The number of carbonyl (C=O) groups is 1. The lowest BCUT2D eigenvalue weighted by molar-refractivity contribution is -0.456. The molecule has 4 nitrogen and oxygen atoms in total. The van der Waals surface area contributed by atoms with Gasteiger partial charge in [0.2, 0.25) is 0 Å². The van der Waals surface area contributed by atoms with Crippen LogP contribution in [0.5, 0.6) is 0 Å². The number of fused-ring (bicyclic) bond motifs is 1. The summed E-state index contributed by atoms with van der Waals surface area (Å²) in [7, 11) is 0. The monoisotopic (exact) mass is 254 g/mol. The third-order valence-corrected chi connectivity index (χ3v) is 5.90. The number of Topliss-reactive ketones (excluding diaryl/α,β-unsaturated/α-hetero) is 1. The highest BCUT2D eigenvalue weighted by Gasteiger charge is 2.68. The van der Waals surface area contributed by atoms with Crippen molar-refractivity contribution in [2.75, 3.05) is 0 Å². The third-order valence-electron chi connectivity index (χ3n) is 5.90. The van der Waals surface area contributed by atoms with E-state index in [4.69, 9.17) is 9.78 Å². The van der Waals surface area contributed by atoms with Crippen molar-refractivity contribution in [3.63, 3.8) is 0 Å². The predicted molar refractivity (Wildman–Crippen MR) is 64.7 cm³/mol. The molecule has 102 valence electrons. The summed E-state index contributed by atoms with van der Waals surface area (Å²) in [6.45, 7) is 6.33. The standard InChI is InChI=1S/C14H22O4/c1-12(2)6-5-11(16)13(3)14(12)7-4-9(15)10(8-14)17-18-13/h9-10,15H,4-8H2,1-3H3/t9-,10-,13-,14-/m0/s1. The largest absolute Gasteiger partial charge is 0.390 e. The number of hydrogen-bond acceptors (Lipinski definition) is 4. The zero-order chi connectivity index (χ0) is 13.2. The molecule has 1 N–H and O–H groups in total. The van der Waals surface area contributed by atoms with Crippen molar-refractivity contribution in [2.45, 2.75) is 70.7 Å². The molecule has 2 saturated carbocycles. The molecular formula is C14H22O4. The molecule has 1 saturated heterocycles. The fraction of sp³-hybridized carbons (Fsp3) is 0.929. The van der Waals surface area contributed by atoms with E-state index in [2.05, 4.69) is 13.8 Å². The molecule has 1 heterocycles. The Bertz CT molecular complexity index is 391. The zero-order valence-electron chi connectivity index (χ0n) is 11.4. The van der Waals surface area contributed by atoms with Gasteiger partial charge in [-0.25, -0.2) is 9.78 Å². The van der Waals surface area contributed by atoms with Crippen LogP contribution in [-0.4, -0.2) is 28.7 Å². The molecule has 3 fully saturated rings. The van der Waals surface area contributed by atoms with Gasteiger partial charge in [0.25, 0.3) is 0 Å². The first-order chi connectivity index (χ1) is 8.32. The molecule has 0 radical (unpaired) electrons. The quantitative estimate of drug-likeness (QED) is 0.672. The molecule has 0 aromatic carbocycles. The van der Waals surface area contributed by atoms with E-state index in [0.29, 0.717) is 12.8 Å². The SMILES string of the molecule is CC1(C)CCC(=O)[C@]2(C)OO[C@H]3C[C@@]12CC[C@@H]3O. The fourth-order valence-corrected chi connectivity index (χ4v) is 4.41. The summed E-state index contributed by atoms with van der Waals surface area (Å²) in [6.07, 6.45) is 2.97. The van der Waals surface area contributed by atoms with Crippen molar-refractivity contribution < 1.29 is 19.7 Å². The Morgan fingerprint density at radius 3 is 2.72 bits per heavy atom. The maximum absolute atomic E-state index is 12.3. The van der Waals surface area contributed by atoms with Crippen LogP contribution in [0.3, 0.4) is 0 Å². The topological polar surface area (TPSA) is 55.8 Å². The molecular weight excluding hydrogens is 232 g/mol. The predicted octanol–water partition coefficient (Wildman–Crippen LogP) is 2.00. The maximum atomic E-state index is 12.3. The average molecular weight is 254 g/mol. The number of rotatable bonds is 0. The average Bonchev–Trinajstić information content (AvgIpc) is 2.33. The second-order valence-corrected chi connectivity index (χ2v) is 6.95. The Morgan fingerprint density at radius 1 is 1.28 bits per heavy atom. The Balaban J connectivity index is 2.09. The van der Waals surface area contributed by atoms with Crippen LogP contribution in [0.25, 0.3) is 0 Å². The molecule has 0 amide bonds. The molecule has 2 bridgehead atoms. The van der Waals surface area contributed by atoms with Gasteiger partial charge in [-0.2, -0.15) is 0 Å². The van der Waals surface area contributed by atoms with Crippen molar-refractivity contribution in [3.05, 3.63) is 0 Å². The van der Waals surface area contributed by atoms with Gasteiger partial charge < -0.3 is 5.11 Å². The van der Waals surface area contributed by atoms with Gasteiger partial charge in [0.1, 0.15) is 6.10 Å². The van der Waals surface area contributed by atoms with Crippen molar-refractivity contribution >= 4 is 5.78 Å². The zero-order valence-corrected chi connectivity index (χ0v) is 11.4. The molecule has 1 aliphatic heterocycles. The molecule has 4 heteroatoms. The summed E-state index contributed by atoms with van der Waals surface area (Å²) in [5, 5.41) is 9.94. The van der Waals surface area contributed by atoms with Crippen LogP contribution in [0, 0.1) is 10.8 Å². The normalized spacial score (nSPS) is 50.8. The first-order valence-corrected chi connectivity index (χ1v) is 6.88. The Labute approximate surface area is 108 Å². The molecule has 3 rings (SSSR count). The van der Waals surface area contributed by atoms with Gasteiger partial charge in [0, 0.05) is 11.8 Å². The van der Waals surface area contributed by atoms with Gasteiger partial charge in [-0.05, 0) is 38.0 Å². The second-order valence-electron chi connectivity index (χ2n) is 6.95. The van der Waals surface area contributed by atoms with Gasteiger partial charge in [-0.3, -0.25) is 4.79 Å². The lowest BCUT2D eigenvalue weighted by Crippen LogP contribution is -2.69. The van der Waals surface area contributed by atoms with Crippen molar-refractivity contribution in [1.29, 1.82) is 0 Å². The van der Waals surface area contributed by atoms with Crippen LogP contribution >= 0.6 is 0 Å². The Hall–Kier alpha value is -0.450. The minimum absolute atomic E-state index is 0.0395. The van der Waals surface area contributed by atoms with Crippen molar-refractivity contribution in [2.24, 2.45) is 10.8 Å². The van der Waals surface area contributed by atoms with E-state index in [1.165, 1.54) is 0 Å². The molecule has 1 spiro atoms. The van der Waals surface area contributed by atoms with E-state index in [1.54, 1.807) is 0 Å².